The zero-order valence-corrected chi connectivity index (χ0v) is 15.9. The minimum Gasteiger partial charge on any atom is -0.450 e. The number of hydrogen-bond donors (Lipinski definition) is 1. The maximum atomic E-state index is 12.3. The molecule has 1 N–H and O–H groups in total. The molecule has 1 aromatic heterocycles. The van der Waals surface area contributed by atoms with E-state index in [1.165, 1.54) is 0 Å². The fourth-order valence-electron chi connectivity index (χ4n) is 2.79. The Hall–Kier alpha value is -2.35. The van der Waals surface area contributed by atoms with E-state index >= 15 is 0 Å². The number of carbonyl (C=O) groups is 2. The highest BCUT2D eigenvalue weighted by Gasteiger charge is 2.22. The van der Waals surface area contributed by atoms with Crippen LogP contribution in [0.3, 0.4) is 0 Å². The second-order valence-electron chi connectivity index (χ2n) is 6.52. The average Bonchev–Trinajstić information content (AvgIpc) is 2.65. The molecule has 0 spiro atoms. The van der Waals surface area contributed by atoms with Gasteiger partial charge in [0.15, 0.2) is 0 Å². The van der Waals surface area contributed by atoms with E-state index in [0.29, 0.717) is 44.9 Å². The van der Waals surface area contributed by atoms with Crippen molar-refractivity contribution in [1.29, 1.82) is 0 Å². The Morgan fingerprint density at radius 1 is 1.23 bits per heavy atom. The number of piperazine rings is 1. The summed E-state index contributed by atoms with van der Waals surface area (Å²) in [5.41, 5.74) is 1.45. The van der Waals surface area contributed by atoms with Crippen LogP contribution in [0.25, 0.3) is 0 Å². The predicted molar refractivity (Wildman–Crippen MR) is 101 cm³/mol. The van der Waals surface area contributed by atoms with Crippen molar-refractivity contribution >= 4 is 17.7 Å². The van der Waals surface area contributed by atoms with Gasteiger partial charge in [0.2, 0.25) is 0 Å². The van der Waals surface area contributed by atoms with E-state index in [2.05, 4.69) is 20.1 Å². The quantitative estimate of drug-likeness (QED) is 0.730. The Bertz CT molecular complexity index is 600. The molecule has 1 fully saturated rings. The van der Waals surface area contributed by atoms with Gasteiger partial charge in [-0.05, 0) is 40.1 Å². The zero-order chi connectivity index (χ0) is 18.9. The van der Waals surface area contributed by atoms with Crippen molar-refractivity contribution < 1.29 is 14.3 Å². The number of ether oxygens (including phenoxy) is 1. The third-order valence-electron chi connectivity index (χ3n) is 4.22. The molecule has 1 aliphatic heterocycles. The van der Waals surface area contributed by atoms with Crippen LogP contribution in [0.4, 0.5) is 10.5 Å². The van der Waals surface area contributed by atoms with Gasteiger partial charge in [0.1, 0.15) is 0 Å². The number of carbonyl (C=O) groups excluding carboxylic acids is 2. The molecule has 1 aliphatic rings. The summed E-state index contributed by atoms with van der Waals surface area (Å²) in [5, 5.41) is 2.93. The molecule has 8 heteroatoms. The van der Waals surface area contributed by atoms with E-state index in [1.54, 1.807) is 24.2 Å². The summed E-state index contributed by atoms with van der Waals surface area (Å²) >= 11 is 0. The second kappa shape index (κ2) is 9.96. The summed E-state index contributed by atoms with van der Waals surface area (Å²) in [6.45, 7) is 6.33. The lowest BCUT2D eigenvalue weighted by atomic mass is 10.2. The molecule has 2 amide bonds. The third-order valence-corrected chi connectivity index (χ3v) is 4.22. The minimum atomic E-state index is -0.267. The lowest BCUT2D eigenvalue weighted by Crippen LogP contribution is -2.49. The molecule has 0 aromatic carbocycles. The van der Waals surface area contributed by atoms with Crippen LogP contribution in [0, 0.1) is 0 Å². The zero-order valence-electron chi connectivity index (χ0n) is 15.9. The molecule has 1 aromatic rings. The highest BCUT2D eigenvalue weighted by Crippen LogP contribution is 2.17. The van der Waals surface area contributed by atoms with Gasteiger partial charge in [0.25, 0.3) is 5.91 Å². The van der Waals surface area contributed by atoms with Crippen LogP contribution in [0.5, 0.6) is 0 Å². The predicted octanol–water partition coefficient (Wildman–Crippen LogP) is 1.04. The van der Waals surface area contributed by atoms with Crippen molar-refractivity contribution in [3.05, 3.63) is 24.0 Å². The molecule has 8 nitrogen and oxygen atoms in total. The summed E-state index contributed by atoms with van der Waals surface area (Å²) in [7, 11) is 4.02. The topological polar surface area (TPSA) is 78.0 Å². The summed E-state index contributed by atoms with van der Waals surface area (Å²) < 4.78 is 5.03. The van der Waals surface area contributed by atoms with E-state index < -0.39 is 0 Å². The van der Waals surface area contributed by atoms with Crippen LogP contribution in [0.2, 0.25) is 0 Å². The van der Waals surface area contributed by atoms with Gasteiger partial charge in [-0.15, -0.1) is 0 Å². The second-order valence-corrected chi connectivity index (χ2v) is 6.52. The maximum absolute atomic E-state index is 12.3. The SMILES string of the molecule is CCOC(=O)N1CCN(c2cncc(C(=O)NCCCN(C)C)c2)CC1. The number of nitrogens with one attached hydrogen (secondary N) is 1. The Morgan fingerprint density at radius 3 is 2.62 bits per heavy atom. The molecule has 0 atom stereocenters. The van der Waals surface area contributed by atoms with E-state index in [-0.39, 0.29) is 12.0 Å². The molecule has 2 rings (SSSR count). The van der Waals surface area contributed by atoms with E-state index in [0.717, 1.165) is 18.7 Å². The van der Waals surface area contributed by atoms with Crippen molar-refractivity contribution in [3.8, 4) is 0 Å². The van der Waals surface area contributed by atoms with Gasteiger partial charge in [-0.25, -0.2) is 4.79 Å². The summed E-state index contributed by atoms with van der Waals surface area (Å²) in [4.78, 5) is 34.2. The number of nitrogens with zero attached hydrogens (tertiary/aromatic N) is 4. The molecule has 0 bridgehead atoms. The number of rotatable bonds is 7. The number of amides is 2. The molecule has 144 valence electrons. The molecule has 0 radical (unpaired) electrons. The van der Waals surface area contributed by atoms with Crippen molar-refractivity contribution in [3.63, 3.8) is 0 Å². The molecule has 2 heterocycles. The molecule has 1 saturated heterocycles. The average molecular weight is 363 g/mol. The largest absolute Gasteiger partial charge is 0.450 e. The number of aromatic nitrogens is 1. The monoisotopic (exact) mass is 363 g/mol. The number of hydrogen-bond acceptors (Lipinski definition) is 6. The fourth-order valence-corrected chi connectivity index (χ4v) is 2.79. The third kappa shape index (κ3) is 5.87. The maximum Gasteiger partial charge on any atom is 0.409 e. The van der Waals surface area contributed by atoms with Gasteiger partial charge in [-0.1, -0.05) is 0 Å². The summed E-state index contributed by atoms with van der Waals surface area (Å²) in [6, 6.07) is 1.86. The lowest BCUT2D eigenvalue weighted by Gasteiger charge is -2.35. The normalized spacial score (nSPS) is 14.5. The van der Waals surface area contributed by atoms with Crippen molar-refractivity contribution in [2.45, 2.75) is 13.3 Å². The van der Waals surface area contributed by atoms with Crippen LogP contribution < -0.4 is 10.2 Å². The van der Waals surface area contributed by atoms with Crippen molar-refractivity contribution in [2.75, 3.05) is 64.9 Å². The summed E-state index contributed by atoms with van der Waals surface area (Å²) in [6.07, 6.45) is 3.97. The van der Waals surface area contributed by atoms with Gasteiger partial charge in [-0.3, -0.25) is 9.78 Å². The molecule has 0 unspecified atom stereocenters. The summed E-state index contributed by atoms with van der Waals surface area (Å²) in [5.74, 6) is -0.108. The molecule has 26 heavy (non-hydrogen) atoms. The standard InChI is InChI=1S/C18H29N5O3/c1-4-26-18(25)23-10-8-22(9-11-23)16-12-15(13-19-14-16)17(24)20-6-5-7-21(2)3/h12-14H,4-11H2,1-3H3,(H,20,24). The Labute approximate surface area is 155 Å². The first kappa shape index (κ1) is 20.0. The number of pyridine rings is 1. The highest BCUT2D eigenvalue weighted by atomic mass is 16.6. The number of anilines is 1. The van der Waals surface area contributed by atoms with Gasteiger partial charge in [-0.2, -0.15) is 0 Å². The van der Waals surface area contributed by atoms with Gasteiger partial charge < -0.3 is 24.8 Å². The molecule has 0 aliphatic carbocycles. The first-order chi connectivity index (χ1) is 12.5. The first-order valence-electron chi connectivity index (χ1n) is 9.06. The molecular weight excluding hydrogens is 334 g/mol. The van der Waals surface area contributed by atoms with E-state index in [9.17, 15) is 9.59 Å². The Kier molecular flexibility index (Phi) is 7.65. The first-order valence-corrected chi connectivity index (χ1v) is 9.06. The van der Waals surface area contributed by atoms with Gasteiger partial charge >= 0.3 is 6.09 Å². The fraction of sp³-hybridized carbons (Fsp3) is 0.611. The van der Waals surface area contributed by atoms with Crippen molar-refractivity contribution in [1.82, 2.24) is 20.1 Å². The van der Waals surface area contributed by atoms with Crippen LogP contribution in [0.1, 0.15) is 23.7 Å². The van der Waals surface area contributed by atoms with Gasteiger partial charge in [0, 0.05) is 38.9 Å². The Morgan fingerprint density at radius 2 is 1.96 bits per heavy atom. The Balaban J connectivity index is 1.87. The van der Waals surface area contributed by atoms with Crippen LogP contribution in [-0.2, 0) is 4.74 Å². The molecule has 0 saturated carbocycles. The van der Waals surface area contributed by atoms with Gasteiger partial charge in [0.05, 0.1) is 24.1 Å². The van der Waals surface area contributed by atoms with E-state index in [4.69, 9.17) is 4.74 Å². The minimum absolute atomic E-state index is 0.108. The van der Waals surface area contributed by atoms with Crippen LogP contribution >= 0.6 is 0 Å². The molecular formula is C18H29N5O3. The lowest BCUT2D eigenvalue weighted by molar-refractivity contribution is 0.0951. The smallest absolute Gasteiger partial charge is 0.409 e. The highest BCUT2D eigenvalue weighted by molar-refractivity contribution is 5.94. The van der Waals surface area contributed by atoms with E-state index in [1.807, 2.05) is 20.2 Å². The van der Waals surface area contributed by atoms with Crippen molar-refractivity contribution in [2.24, 2.45) is 0 Å². The van der Waals surface area contributed by atoms with Crippen LogP contribution in [-0.4, -0.2) is 86.8 Å². The van der Waals surface area contributed by atoms with Crippen LogP contribution in [0.15, 0.2) is 18.5 Å².